The van der Waals surface area contributed by atoms with E-state index in [0.717, 1.165) is 43.4 Å². The third kappa shape index (κ3) is 2.68. The molecule has 0 saturated carbocycles. The van der Waals surface area contributed by atoms with Gasteiger partial charge in [-0.05, 0) is 12.1 Å². The van der Waals surface area contributed by atoms with Gasteiger partial charge in [-0.15, -0.1) is 0 Å². The zero-order valence-corrected chi connectivity index (χ0v) is 10.3. The number of anilines is 1. The monoisotopic (exact) mass is 250 g/mol. The summed E-state index contributed by atoms with van der Waals surface area (Å²) in [5.41, 5.74) is 1.04. The highest BCUT2D eigenvalue weighted by atomic mass is 16.6. The topological polar surface area (TPSA) is 51.8 Å². The van der Waals surface area contributed by atoms with Crippen LogP contribution < -0.4 is 20.1 Å². The predicted molar refractivity (Wildman–Crippen MR) is 68.5 cm³/mol. The molecule has 0 aliphatic carbocycles. The summed E-state index contributed by atoms with van der Waals surface area (Å²) < 4.78 is 16.7. The van der Waals surface area contributed by atoms with E-state index in [-0.39, 0.29) is 6.10 Å². The van der Waals surface area contributed by atoms with Crippen LogP contribution in [-0.4, -0.2) is 45.6 Å². The van der Waals surface area contributed by atoms with E-state index >= 15 is 0 Å². The Morgan fingerprint density at radius 1 is 1.17 bits per heavy atom. The first-order valence-electron chi connectivity index (χ1n) is 6.38. The number of fused-ring (bicyclic) bond motifs is 1. The summed E-state index contributed by atoms with van der Waals surface area (Å²) in [5.74, 6) is 1.64. The molecule has 1 aromatic carbocycles. The molecule has 5 nitrogen and oxygen atoms in total. The lowest BCUT2D eigenvalue weighted by molar-refractivity contribution is 0.0372. The van der Waals surface area contributed by atoms with E-state index in [0.29, 0.717) is 13.2 Å². The Morgan fingerprint density at radius 2 is 2.06 bits per heavy atom. The molecule has 0 aromatic heterocycles. The Hall–Kier alpha value is -1.46. The van der Waals surface area contributed by atoms with Gasteiger partial charge in [0.1, 0.15) is 13.2 Å². The van der Waals surface area contributed by atoms with Gasteiger partial charge in [0.25, 0.3) is 0 Å². The molecule has 2 N–H and O–H groups in total. The molecule has 0 amide bonds. The Morgan fingerprint density at radius 3 is 2.89 bits per heavy atom. The van der Waals surface area contributed by atoms with E-state index in [1.807, 2.05) is 18.2 Å². The van der Waals surface area contributed by atoms with Crippen LogP contribution in [0.3, 0.4) is 0 Å². The molecule has 5 heteroatoms. The molecular formula is C13H18N2O3. The first-order chi connectivity index (χ1) is 8.92. The Bertz CT molecular complexity index is 405. The van der Waals surface area contributed by atoms with Gasteiger partial charge in [0.2, 0.25) is 0 Å². The maximum Gasteiger partial charge on any atom is 0.163 e. The summed E-state index contributed by atoms with van der Waals surface area (Å²) in [4.78, 5) is 0. The highest BCUT2D eigenvalue weighted by Crippen LogP contribution is 2.32. The molecule has 1 aromatic rings. The molecule has 1 unspecified atom stereocenters. The highest BCUT2D eigenvalue weighted by molar-refractivity contribution is 5.55. The summed E-state index contributed by atoms with van der Waals surface area (Å²) in [5, 5.41) is 6.68. The molecular weight excluding hydrogens is 232 g/mol. The predicted octanol–water partition coefficient (Wildman–Crippen LogP) is 0.858. The normalized spacial score (nSPS) is 22.6. The van der Waals surface area contributed by atoms with Crippen LogP contribution in [0.15, 0.2) is 18.2 Å². The smallest absolute Gasteiger partial charge is 0.163 e. The van der Waals surface area contributed by atoms with Gasteiger partial charge in [-0.2, -0.15) is 0 Å². The van der Waals surface area contributed by atoms with Crippen molar-refractivity contribution in [2.45, 2.75) is 6.10 Å². The molecule has 0 spiro atoms. The van der Waals surface area contributed by atoms with Gasteiger partial charge in [0.05, 0.1) is 12.7 Å². The van der Waals surface area contributed by atoms with Crippen molar-refractivity contribution < 1.29 is 14.2 Å². The zero-order valence-electron chi connectivity index (χ0n) is 10.3. The van der Waals surface area contributed by atoms with Crippen LogP contribution in [0, 0.1) is 0 Å². The quantitative estimate of drug-likeness (QED) is 0.833. The lowest BCUT2D eigenvalue weighted by Crippen LogP contribution is -2.42. The van der Waals surface area contributed by atoms with Crippen molar-refractivity contribution >= 4 is 5.69 Å². The van der Waals surface area contributed by atoms with E-state index < -0.39 is 0 Å². The van der Waals surface area contributed by atoms with E-state index in [1.165, 1.54) is 0 Å². The molecule has 98 valence electrons. The van der Waals surface area contributed by atoms with Gasteiger partial charge in [0, 0.05) is 31.4 Å². The van der Waals surface area contributed by atoms with Gasteiger partial charge in [-0.1, -0.05) is 0 Å². The van der Waals surface area contributed by atoms with Crippen molar-refractivity contribution in [3.63, 3.8) is 0 Å². The Kier molecular flexibility index (Phi) is 3.52. The minimum Gasteiger partial charge on any atom is -0.486 e. The molecule has 1 fully saturated rings. The average molecular weight is 250 g/mol. The van der Waals surface area contributed by atoms with Crippen LogP contribution >= 0.6 is 0 Å². The van der Waals surface area contributed by atoms with E-state index in [9.17, 15) is 0 Å². The Labute approximate surface area is 106 Å². The summed E-state index contributed by atoms with van der Waals surface area (Å²) in [6, 6.07) is 5.92. The van der Waals surface area contributed by atoms with E-state index in [1.54, 1.807) is 0 Å². The summed E-state index contributed by atoms with van der Waals surface area (Å²) >= 11 is 0. The number of benzene rings is 1. The second-order valence-electron chi connectivity index (χ2n) is 4.44. The standard InChI is InChI=1S/C13H18N2O3/c1-2-12-13(18-6-5-17-12)7-10(1)15-9-11-8-14-3-4-16-11/h1-2,7,11,14-15H,3-6,8-9H2. The van der Waals surface area contributed by atoms with Crippen molar-refractivity contribution in [2.24, 2.45) is 0 Å². The number of ether oxygens (including phenoxy) is 3. The van der Waals surface area contributed by atoms with Gasteiger partial charge in [0.15, 0.2) is 11.5 Å². The molecule has 0 radical (unpaired) electrons. The van der Waals surface area contributed by atoms with Crippen LogP contribution in [-0.2, 0) is 4.74 Å². The van der Waals surface area contributed by atoms with Gasteiger partial charge in [-0.25, -0.2) is 0 Å². The number of nitrogens with one attached hydrogen (secondary N) is 2. The summed E-state index contributed by atoms with van der Waals surface area (Å²) in [6.45, 7) is 4.67. The third-order valence-electron chi connectivity index (χ3n) is 3.08. The number of hydrogen-bond donors (Lipinski definition) is 2. The van der Waals surface area contributed by atoms with Crippen LogP contribution in [0.5, 0.6) is 11.5 Å². The SMILES string of the molecule is c1cc2c(cc1NCC1CNCCO1)OCCO2. The lowest BCUT2D eigenvalue weighted by atomic mass is 10.2. The van der Waals surface area contributed by atoms with E-state index in [4.69, 9.17) is 14.2 Å². The highest BCUT2D eigenvalue weighted by Gasteiger charge is 2.14. The fraction of sp³-hybridized carbons (Fsp3) is 0.538. The third-order valence-corrected chi connectivity index (χ3v) is 3.08. The van der Waals surface area contributed by atoms with Crippen LogP contribution in [0.1, 0.15) is 0 Å². The van der Waals surface area contributed by atoms with Crippen molar-refractivity contribution in [3.05, 3.63) is 18.2 Å². The maximum absolute atomic E-state index is 5.63. The fourth-order valence-corrected chi connectivity index (χ4v) is 2.14. The minimum absolute atomic E-state index is 0.229. The first kappa shape index (κ1) is 11.6. The number of morpholine rings is 1. The second-order valence-corrected chi connectivity index (χ2v) is 4.44. The lowest BCUT2D eigenvalue weighted by Gasteiger charge is -2.24. The first-order valence-corrected chi connectivity index (χ1v) is 6.38. The van der Waals surface area contributed by atoms with Gasteiger partial charge in [-0.3, -0.25) is 0 Å². The van der Waals surface area contributed by atoms with Crippen molar-refractivity contribution in [3.8, 4) is 11.5 Å². The van der Waals surface area contributed by atoms with Crippen molar-refractivity contribution in [1.82, 2.24) is 5.32 Å². The molecule has 2 aliphatic rings. The second kappa shape index (κ2) is 5.46. The molecule has 18 heavy (non-hydrogen) atoms. The van der Waals surface area contributed by atoms with E-state index in [2.05, 4.69) is 10.6 Å². The van der Waals surface area contributed by atoms with Crippen LogP contribution in [0.2, 0.25) is 0 Å². The minimum atomic E-state index is 0.229. The molecule has 3 rings (SSSR count). The maximum atomic E-state index is 5.63. The average Bonchev–Trinajstić information content (AvgIpc) is 2.46. The molecule has 0 bridgehead atoms. The number of rotatable bonds is 3. The van der Waals surface area contributed by atoms with Crippen molar-refractivity contribution in [2.75, 3.05) is 44.8 Å². The van der Waals surface area contributed by atoms with Crippen LogP contribution in [0.25, 0.3) is 0 Å². The largest absolute Gasteiger partial charge is 0.486 e. The van der Waals surface area contributed by atoms with Gasteiger partial charge >= 0.3 is 0 Å². The summed E-state index contributed by atoms with van der Waals surface area (Å²) in [6.07, 6.45) is 0.229. The Balaban J connectivity index is 1.58. The fourth-order valence-electron chi connectivity index (χ4n) is 2.14. The number of hydrogen-bond acceptors (Lipinski definition) is 5. The van der Waals surface area contributed by atoms with Gasteiger partial charge < -0.3 is 24.8 Å². The molecule has 2 aliphatic heterocycles. The zero-order chi connectivity index (χ0) is 12.2. The molecule has 2 heterocycles. The summed E-state index contributed by atoms with van der Waals surface area (Å²) in [7, 11) is 0. The van der Waals surface area contributed by atoms with Crippen LogP contribution in [0.4, 0.5) is 5.69 Å². The molecule has 1 atom stereocenters. The molecule has 1 saturated heterocycles. The van der Waals surface area contributed by atoms with Crippen molar-refractivity contribution in [1.29, 1.82) is 0 Å².